The van der Waals surface area contributed by atoms with Crippen LogP contribution in [0.2, 0.25) is 10.0 Å². The van der Waals surface area contributed by atoms with Crippen LogP contribution in [0.1, 0.15) is 35.6 Å². The number of hydrogen-bond acceptors (Lipinski definition) is 4. The Morgan fingerprint density at radius 2 is 1.40 bits per heavy atom. The van der Waals surface area contributed by atoms with Crippen LogP contribution in [0.25, 0.3) is 0 Å². The fourth-order valence-electron chi connectivity index (χ4n) is 5.12. The van der Waals surface area contributed by atoms with Gasteiger partial charge in [-0.15, -0.1) is 0 Å². The molecule has 0 radical (unpaired) electrons. The first kappa shape index (κ1) is 34.0. The summed E-state index contributed by atoms with van der Waals surface area (Å²) in [5.74, 6) is -0.946. The zero-order valence-corrected chi connectivity index (χ0v) is 27.9. The molecule has 0 aliphatic carbocycles. The molecule has 1 N–H and O–H groups in total. The van der Waals surface area contributed by atoms with E-state index in [1.807, 2.05) is 57.2 Å². The molecule has 0 aliphatic rings. The van der Waals surface area contributed by atoms with Crippen molar-refractivity contribution in [2.24, 2.45) is 0 Å². The summed E-state index contributed by atoms with van der Waals surface area (Å²) in [5, 5.41) is 3.59. The van der Waals surface area contributed by atoms with E-state index in [2.05, 4.69) is 5.32 Å². The van der Waals surface area contributed by atoms with Gasteiger partial charge in [-0.3, -0.25) is 13.9 Å². The lowest BCUT2D eigenvalue weighted by Crippen LogP contribution is -2.53. The van der Waals surface area contributed by atoms with Crippen LogP contribution in [-0.4, -0.2) is 44.3 Å². The van der Waals surface area contributed by atoms with Gasteiger partial charge in [-0.1, -0.05) is 90.8 Å². The van der Waals surface area contributed by atoms with Gasteiger partial charge in [0.1, 0.15) is 12.6 Å². The van der Waals surface area contributed by atoms with Crippen LogP contribution < -0.4 is 9.62 Å². The molecule has 0 heterocycles. The number of sulfonamides is 1. The Morgan fingerprint density at radius 1 is 0.822 bits per heavy atom. The lowest BCUT2D eigenvalue weighted by Gasteiger charge is -2.34. The molecule has 4 aromatic carbocycles. The number of aryl methyl sites for hydroxylation is 2. The summed E-state index contributed by atoms with van der Waals surface area (Å²) in [6.07, 6.45) is 0.892. The van der Waals surface area contributed by atoms with Crippen LogP contribution >= 0.6 is 23.2 Å². The van der Waals surface area contributed by atoms with Crippen molar-refractivity contribution in [2.75, 3.05) is 17.4 Å². The van der Waals surface area contributed by atoms with Crippen molar-refractivity contribution in [2.45, 2.75) is 51.1 Å². The lowest BCUT2D eigenvalue weighted by atomic mass is 10.0. The van der Waals surface area contributed by atoms with E-state index >= 15 is 0 Å². The van der Waals surface area contributed by atoms with Gasteiger partial charge in [-0.25, -0.2) is 8.42 Å². The Morgan fingerprint density at radius 3 is 1.98 bits per heavy atom. The van der Waals surface area contributed by atoms with Crippen LogP contribution in [-0.2, 0) is 32.6 Å². The molecule has 0 bridgehead atoms. The minimum atomic E-state index is -4.19. The fraction of sp³-hybridized carbons (Fsp3) is 0.257. The third kappa shape index (κ3) is 8.66. The highest BCUT2D eigenvalue weighted by Gasteiger charge is 2.35. The van der Waals surface area contributed by atoms with E-state index in [-0.39, 0.29) is 23.8 Å². The highest BCUT2D eigenvalue weighted by molar-refractivity contribution is 7.92. The van der Waals surface area contributed by atoms with Crippen LogP contribution in [0.15, 0.2) is 102 Å². The number of amides is 2. The average Bonchev–Trinajstić information content (AvgIpc) is 3.01. The molecule has 0 aromatic heterocycles. The van der Waals surface area contributed by atoms with Crippen molar-refractivity contribution in [3.63, 3.8) is 0 Å². The molecule has 0 saturated heterocycles. The standard InChI is InChI=1S/C35H37Cl2N3O4S/c1-4-18-38-35(42)33(22-27-12-7-5-8-13-27)39(23-30-31(36)16-11-17-32(30)37)34(41)24-40(28-20-25(2)19-26(3)21-28)45(43,44)29-14-9-6-10-15-29/h5-17,19-21,33H,4,18,22-24H2,1-3H3,(H,38,42)/t33-/m0/s1. The molecule has 4 aromatic rings. The number of benzene rings is 4. The second-order valence-electron chi connectivity index (χ2n) is 10.9. The summed E-state index contributed by atoms with van der Waals surface area (Å²) in [5.41, 5.74) is 3.31. The van der Waals surface area contributed by atoms with E-state index in [4.69, 9.17) is 23.2 Å². The van der Waals surface area contributed by atoms with Crippen molar-refractivity contribution < 1.29 is 18.0 Å². The van der Waals surface area contributed by atoms with Crippen LogP contribution in [0.4, 0.5) is 5.69 Å². The van der Waals surface area contributed by atoms with E-state index < -0.39 is 28.5 Å². The highest BCUT2D eigenvalue weighted by Crippen LogP contribution is 2.29. The van der Waals surface area contributed by atoms with Gasteiger partial charge < -0.3 is 10.2 Å². The Balaban J connectivity index is 1.85. The molecule has 0 saturated carbocycles. The molecule has 2 amide bonds. The van der Waals surface area contributed by atoms with Gasteiger partial charge in [0, 0.05) is 35.1 Å². The van der Waals surface area contributed by atoms with E-state index in [9.17, 15) is 18.0 Å². The monoisotopic (exact) mass is 665 g/mol. The molecule has 10 heteroatoms. The first-order valence-electron chi connectivity index (χ1n) is 14.7. The maximum Gasteiger partial charge on any atom is 0.264 e. The van der Waals surface area contributed by atoms with Gasteiger partial charge in [-0.2, -0.15) is 0 Å². The summed E-state index contributed by atoms with van der Waals surface area (Å²) in [6.45, 7) is 5.41. The zero-order valence-electron chi connectivity index (χ0n) is 25.5. The van der Waals surface area contributed by atoms with Crippen molar-refractivity contribution >= 4 is 50.7 Å². The van der Waals surface area contributed by atoms with Gasteiger partial charge in [0.15, 0.2) is 0 Å². The van der Waals surface area contributed by atoms with Crippen LogP contribution in [0.5, 0.6) is 0 Å². The van der Waals surface area contributed by atoms with Crippen LogP contribution in [0.3, 0.4) is 0 Å². The third-order valence-electron chi connectivity index (χ3n) is 7.31. The largest absolute Gasteiger partial charge is 0.354 e. The SMILES string of the molecule is CCCNC(=O)[C@H](Cc1ccccc1)N(Cc1c(Cl)cccc1Cl)C(=O)CN(c1cc(C)cc(C)c1)S(=O)(=O)c1ccccc1. The molecule has 45 heavy (non-hydrogen) atoms. The first-order valence-corrected chi connectivity index (χ1v) is 16.9. The van der Waals surface area contributed by atoms with Gasteiger partial charge in [0.2, 0.25) is 11.8 Å². The molecule has 0 fully saturated rings. The van der Waals surface area contributed by atoms with Gasteiger partial charge >= 0.3 is 0 Å². The summed E-state index contributed by atoms with van der Waals surface area (Å²) in [7, 11) is -4.19. The van der Waals surface area contributed by atoms with Gasteiger partial charge in [0.25, 0.3) is 10.0 Å². The summed E-state index contributed by atoms with van der Waals surface area (Å²) < 4.78 is 29.4. The maximum absolute atomic E-state index is 14.6. The van der Waals surface area contributed by atoms with Crippen molar-refractivity contribution in [1.82, 2.24) is 10.2 Å². The predicted molar refractivity (Wildman–Crippen MR) is 181 cm³/mol. The van der Waals surface area contributed by atoms with Gasteiger partial charge in [-0.05, 0) is 73.4 Å². The quantitative estimate of drug-likeness (QED) is 0.167. The predicted octanol–water partition coefficient (Wildman–Crippen LogP) is 6.97. The summed E-state index contributed by atoms with van der Waals surface area (Å²) in [6, 6.07) is 26.8. The fourth-order valence-corrected chi connectivity index (χ4v) is 7.05. The number of halogens is 2. The normalized spacial score (nSPS) is 11.9. The third-order valence-corrected chi connectivity index (χ3v) is 9.81. The number of nitrogens with zero attached hydrogens (tertiary/aromatic N) is 2. The minimum Gasteiger partial charge on any atom is -0.354 e. The topological polar surface area (TPSA) is 86.8 Å². The smallest absolute Gasteiger partial charge is 0.264 e. The summed E-state index contributed by atoms with van der Waals surface area (Å²) in [4.78, 5) is 29.8. The molecular weight excluding hydrogens is 629 g/mol. The minimum absolute atomic E-state index is 0.0409. The van der Waals surface area contributed by atoms with Crippen molar-refractivity contribution in [1.29, 1.82) is 0 Å². The van der Waals surface area contributed by atoms with Crippen molar-refractivity contribution in [3.8, 4) is 0 Å². The number of rotatable bonds is 13. The van der Waals surface area contributed by atoms with E-state index in [1.165, 1.54) is 17.0 Å². The highest BCUT2D eigenvalue weighted by atomic mass is 35.5. The number of carbonyl (C=O) groups is 2. The Kier molecular flexibility index (Phi) is 11.7. The molecule has 236 valence electrons. The lowest BCUT2D eigenvalue weighted by molar-refractivity contribution is -0.140. The van der Waals surface area contributed by atoms with Gasteiger partial charge in [0.05, 0.1) is 10.6 Å². The maximum atomic E-state index is 14.6. The van der Waals surface area contributed by atoms with Crippen LogP contribution in [0, 0.1) is 13.8 Å². The molecule has 0 aliphatic heterocycles. The summed E-state index contributed by atoms with van der Waals surface area (Å²) >= 11 is 13.1. The molecule has 4 rings (SSSR count). The van der Waals surface area contributed by atoms with E-state index in [1.54, 1.807) is 48.5 Å². The van der Waals surface area contributed by atoms with Crippen molar-refractivity contribution in [3.05, 3.63) is 129 Å². The second kappa shape index (κ2) is 15.4. The van der Waals surface area contributed by atoms with E-state index in [0.717, 1.165) is 21.0 Å². The Labute approximate surface area is 275 Å². The number of nitrogens with one attached hydrogen (secondary N) is 1. The average molecular weight is 667 g/mol. The number of hydrogen-bond donors (Lipinski definition) is 1. The Bertz CT molecular complexity index is 1690. The molecule has 7 nitrogen and oxygen atoms in total. The molecule has 1 atom stereocenters. The molecule has 0 spiro atoms. The zero-order chi connectivity index (χ0) is 32.6. The molecule has 0 unspecified atom stereocenters. The Hall–Kier alpha value is -3.85. The number of anilines is 1. The first-order chi connectivity index (χ1) is 21.5. The molecular formula is C35H37Cl2N3O4S. The van der Waals surface area contributed by atoms with E-state index in [0.29, 0.717) is 34.3 Å². The number of carbonyl (C=O) groups excluding carboxylic acids is 2. The second-order valence-corrected chi connectivity index (χ2v) is 13.6.